The number of hydrogen-bond donors (Lipinski definition) is 3. The zero-order chi connectivity index (χ0) is 17.6. The van der Waals surface area contributed by atoms with Gasteiger partial charge < -0.3 is 20.7 Å². The van der Waals surface area contributed by atoms with E-state index < -0.39 is 11.7 Å². The molecule has 0 bridgehead atoms. The van der Waals surface area contributed by atoms with E-state index >= 15 is 0 Å². The molecule has 0 fully saturated rings. The van der Waals surface area contributed by atoms with E-state index in [0.717, 1.165) is 5.69 Å². The lowest BCUT2D eigenvalue weighted by atomic mass is 10.1. The van der Waals surface area contributed by atoms with E-state index in [1.54, 1.807) is 25.2 Å². The maximum atomic E-state index is 11.7. The standard InChI is InChI=1S/C16H24ClN3O3/c1-10(9-19-15(22)23-16(2,3)4)20-11-6-7-13(17)12(8-11)14(21)18-5/h6-8,10,20H,9H2,1-5H3,(H,18,21)(H,19,22). The molecule has 1 aromatic carbocycles. The first-order valence-corrected chi connectivity index (χ1v) is 7.75. The van der Waals surface area contributed by atoms with Crippen LogP contribution in [0.25, 0.3) is 0 Å². The highest BCUT2D eigenvalue weighted by Crippen LogP contribution is 2.21. The van der Waals surface area contributed by atoms with Gasteiger partial charge in [-0.2, -0.15) is 0 Å². The number of nitrogens with one attached hydrogen (secondary N) is 3. The summed E-state index contributed by atoms with van der Waals surface area (Å²) >= 11 is 6.01. The Bertz CT molecular complexity index is 570. The predicted molar refractivity (Wildman–Crippen MR) is 92.2 cm³/mol. The van der Waals surface area contributed by atoms with E-state index in [4.69, 9.17) is 16.3 Å². The third-order valence-corrected chi connectivity index (χ3v) is 3.13. The van der Waals surface area contributed by atoms with Crippen molar-refractivity contribution in [3.63, 3.8) is 0 Å². The van der Waals surface area contributed by atoms with Gasteiger partial charge in [0, 0.05) is 25.3 Å². The summed E-state index contributed by atoms with van der Waals surface area (Å²) < 4.78 is 5.17. The van der Waals surface area contributed by atoms with Gasteiger partial charge in [-0.3, -0.25) is 4.79 Å². The second kappa shape index (κ2) is 8.06. The average molecular weight is 342 g/mol. The molecule has 0 aliphatic rings. The molecule has 0 saturated heterocycles. The molecule has 1 atom stereocenters. The van der Waals surface area contributed by atoms with E-state index in [1.165, 1.54) is 0 Å². The minimum Gasteiger partial charge on any atom is -0.444 e. The van der Waals surface area contributed by atoms with Crippen LogP contribution in [-0.2, 0) is 4.74 Å². The van der Waals surface area contributed by atoms with E-state index in [1.807, 2.05) is 27.7 Å². The normalized spacial score (nSPS) is 12.3. The molecule has 0 aromatic heterocycles. The van der Waals surface area contributed by atoms with Crippen molar-refractivity contribution < 1.29 is 14.3 Å². The third kappa shape index (κ3) is 6.78. The Hall–Kier alpha value is -1.95. The molecule has 1 unspecified atom stereocenters. The fraction of sp³-hybridized carbons (Fsp3) is 0.500. The average Bonchev–Trinajstić information content (AvgIpc) is 2.44. The van der Waals surface area contributed by atoms with Gasteiger partial charge in [0.1, 0.15) is 5.60 Å². The SMILES string of the molecule is CNC(=O)c1cc(NC(C)CNC(=O)OC(C)(C)C)ccc1Cl. The highest BCUT2D eigenvalue weighted by Gasteiger charge is 2.16. The van der Waals surface area contributed by atoms with Gasteiger partial charge in [0.25, 0.3) is 5.91 Å². The van der Waals surface area contributed by atoms with Crippen LogP contribution in [0.15, 0.2) is 18.2 Å². The number of amides is 2. The number of alkyl carbamates (subject to hydrolysis) is 1. The molecule has 0 spiro atoms. The first-order chi connectivity index (χ1) is 10.6. The van der Waals surface area contributed by atoms with Crippen LogP contribution in [0.1, 0.15) is 38.1 Å². The van der Waals surface area contributed by atoms with E-state index in [0.29, 0.717) is 17.1 Å². The summed E-state index contributed by atoms with van der Waals surface area (Å²) in [5, 5.41) is 8.81. The number of halogens is 1. The van der Waals surface area contributed by atoms with Crippen molar-refractivity contribution in [3.05, 3.63) is 28.8 Å². The van der Waals surface area contributed by atoms with Crippen LogP contribution in [0.2, 0.25) is 5.02 Å². The largest absolute Gasteiger partial charge is 0.444 e. The van der Waals surface area contributed by atoms with Gasteiger partial charge in [-0.05, 0) is 45.9 Å². The molecule has 2 amide bonds. The number of carbonyl (C=O) groups excluding carboxylic acids is 2. The molecule has 23 heavy (non-hydrogen) atoms. The Morgan fingerprint density at radius 1 is 1.30 bits per heavy atom. The molecule has 7 heteroatoms. The third-order valence-electron chi connectivity index (χ3n) is 2.80. The van der Waals surface area contributed by atoms with Crippen LogP contribution in [0.3, 0.4) is 0 Å². The molecule has 0 aliphatic heterocycles. The lowest BCUT2D eigenvalue weighted by Crippen LogP contribution is -2.38. The van der Waals surface area contributed by atoms with Gasteiger partial charge in [-0.1, -0.05) is 11.6 Å². The van der Waals surface area contributed by atoms with Gasteiger partial charge in [-0.25, -0.2) is 4.79 Å². The maximum absolute atomic E-state index is 11.7. The van der Waals surface area contributed by atoms with Crippen molar-refractivity contribution in [3.8, 4) is 0 Å². The number of hydrogen-bond acceptors (Lipinski definition) is 4. The lowest BCUT2D eigenvalue weighted by Gasteiger charge is -2.21. The molecule has 3 N–H and O–H groups in total. The Morgan fingerprint density at radius 2 is 1.96 bits per heavy atom. The van der Waals surface area contributed by atoms with Crippen molar-refractivity contribution >= 4 is 29.3 Å². The van der Waals surface area contributed by atoms with Gasteiger partial charge in [-0.15, -0.1) is 0 Å². The summed E-state index contributed by atoms with van der Waals surface area (Å²) in [4.78, 5) is 23.3. The first kappa shape index (κ1) is 19.1. The van der Waals surface area contributed by atoms with Crippen LogP contribution in [0.5, 0.6) is 0 Å². The Labute approximate surface area is 141 Å². The molecule has 1 aromatic rings. The number of benzene rings is 1. The molecule has 6 nitrogen and oxygen atoms in total. The number of ether oxygens (including phenoxy) is 1. The summed E-state index contributed by atoms with van der Waals surface area (Å²) in [5.41, 5.74) is 0.609. The van der Waals surface area contributed by atoms with Crippen molar-refractivity contribution in [2.24, 2.45) is 0 Å². The van der Waals surface area contributed by atoms with Crippen molar-refractivity contribution in [2.45, 2.75) is 39.3 Å². The molecule has 0 radical (unpaired) electrons. The topological polar surface area (TPSA) is 79.5 Å². The molecular weight excluding hydrogens is 318 g/mol. The van der Waals surface area contributed by atoms with E-state index in [-0.39, 0.29) is 11.9 Å². The fourth-order valence-electron chi connectivity index (χ4n) is 1.81. The minimum atomic E-state index is -0.528. The van der Waals surface area contributed by atoms with Crippen LogP contribution in [0, 0.1) is 0 Å². The number of rotatable bonds is 5. The second-order valence-corrected chi connectivity index (χ2v) is 6.61. The number of carbonyl (C=O) groups is 2. The zero-order valence-corrected chi connectivity index (χ0v) is 14.9. The molecule has 128 valence electrons. The van der Waals surface area contributed by atoms with Crippen molar-refractivity contribution in [1.29, 1.82) is 0 Å². The molecule has 1 rings (SSSR count). The Kier molecular flexibility index (Phi) is 6.69. The maximum Gasteiger partial charge on any atom is 0.407 e. The van der Waals surface area contributed by atoms with Crippen LogP contribution >= 0.6 is 11.6 Å². The fourth-order valence-corrected chi connectivity index (χ4v) is 2.01. The molecule has 0 saturated carbocycles. The Morgan fingerprint density at radius 3 is 2.52 bits per heavy atom. The van der Waals surface area contributed by atoms with E-state index in [2.05, 4.69) is 16.0 Å². The molecule has 0 heterocycles. The van der Waals surface area contributed by atoms with Crippen molar-refractivity contribution in [2.75, 3.05) is 18.9 Å². The highest BCUT2D eigenvalue weighted by atomic mass is 35.5. The van der Waals surface area contributed by atoms with Gasteiger partial charge in [0.2, 0.25) is 0 Å². The summed E-state index contributed by atoms with van der Waals surface area (Å²) in [6.07, 6.45) is -0.465. The predicted octanol–water partition coefficient (Wildman–Crippen LogP) is 3.02. The van der Waals surface area contributed by atoms with Crippen LogP contribution in [-0.4, -0.2) is 37.2 Å². The molecule has 0 aliphatic carbocycles. The summed E-state index contributed by atoms with van der Waals surface area (Å²) in [5.74, 6) is -0.252. The van der Waals surface area contributed by atoms with Crippen LogP contribution < -0.4 is 16.0 Å². The number of anilines is 1. The first-order valence-electron chi connectivity index (χ1n) is 7.37. The van der Waals surface area contributed by atoms with Gasteiger partial charge in [0.05, 0.1) is 10.6 Å². The molecular formula is C16H24ClN3O3. The van der Waals surface area contributed by atoms with Gasteiger partial charge in [0.15, 0.2) is 0 Å². The zero-order valence-electron chi connectivity index (χ0n) is 14.1. The Balaban J connectivity index is 2.59. The minimum absolute atomic E-state index is 0.0544. The second-order valence-electron chi connectivity index (χ2n) is 6.20. The van der Waals surface area contributed by atoms with Crippen molar-refractivity contribution in [1.82, 2.24) is 10.6 Å². The highest BCUT2D eigenvalue weighted by molar-refractivity contribution is 6.34. The van der Waals surface area contributed by atoms with E-state index in [9.17, 15) is 9.59 Å². The smallest absolute Gasteiger partial charge is 0.407 e. The quantitative estimate of drug-likeness (QED) is 0.769. The van der Waals surface area contributed by atoms with Gasteiger partial charge >= 0.3 is 6.09 Å². The summed E-state index contributed by atoms with van der Waals surface area (Å²) in [7, 11) is 1.55. The monoisotopic (exact) mass is 341 g/mol. The summed E-state index contributed by atoms with van der Waals surface area (Å²) in [6.45, 7) is 7.71. The van der Waals surface area contributed by atoms with Crippen LogP contribution in [0.4, 0.5) is 10.5 Å². The summed E-state index contributed by atoms with van der Waals surface area (Å²) in [6, 6.07) is 5.05. The lowest BCUT2D eigenvalue weighted by molar-refractivity contribution is 0.0526.